The van der Waals surface area contributed by atoms with Crippen molar-refractivity contribution < 1.29 is 14.3 Å². The van der Waals surface area contributed by atoms with Crippen molar-refractivity contribution in [1.29, 1.82) is 0 Å². The molecule has 0 bridgehead atoms. The van der Waals surface area contributed by atoms with Gasteiger partial charge in [-0.25, -0.2) is 9.10 Å². The number of ether oxygens (including phenoxy) is 1. The molecule has 114 valence electrons. The molecule has 0 saturated carbocycles. The number of nitrogens with one attached hydrogen (secondary N) is 1. The Labute approximate surface area is 144 Å². The second-order valence-corrected chi connectivity index (χ2v) is 8.26. The van der Waals surface area contributed by atoms with Crippen molar-refractivity contribution >= 4 is 76.0 Å². The number of benzene rings is 1. The van der Waals surface area contributed by atoms with E-state index in [4.69, 9.17) is 51.1 Å². The molecule has 1 fully saturated rings. The molecule has 2 amide bonds. The van der Waals surface area contributed by atoms with E-state index in [9.17, 15) is 9.59 Å². The fraction of sp³-hybridized carbons (Fsp3) is 0.273. The Morgan fingerprint density at radius 3 is 2.38 bits per heavy atom. The van der Waals surface area contributed by atoms with Crippen LogP contribution in [0, 0.1) is 0 Å². The van der Waals surface area contributed by atoms with Crippen LogP contribution in [0.2, 0.25) is 0 Å². The summed E-state index contributed by atoms with van der Waals surface area (Å²) in [5, 5.41) is 2.48. The lowest BCUT2D eigenvalue weighted by atomic mass is 10.3. The monoisotopic (exact) mass is 388 g/mol. The number of halogens is 4. The van der Waals surface area contributed by atoms with Gasteiger partial charge in [0.2, 0.25) is 8.00 Å². The summed E-state index contributed by atoms with van der Waals surface area (Å²) in [6, 6.07) is 8.67. The number of carbonyl (C=O) groups is 2. The minimum absolute atomic E-state index is 0.398. The third-order valence-corrected chi connectivity index (χ3v) is 5.93. The summed E-state index contributed by atoms with van der Waals surface area (Å²) >= 11 is 23.9. The summed E-state index contributed by atoms with van der Waals surface area (Å²) in [5.41, 5.74) is 0.552. The van der Waals surface area contributed by atoms with E-state index >= 15 is 0 Å². The average molecular weight is 390 g/mol. The molecule has 1 saturated heterocycles. The summed E-state index contributed by atoms with van der Waals surface area (Å²) in [6.07, 6.45) is -0.744. The van der Waals surface area contributed by atoms with E-state index in [1.54, 1.807) is 30.3 Å². The number of rotatable bonds is 3. The fourth-order valence-electron chi connectivity index (χ4n) is 1.40. The van der Waals surface area contributed by atoms with Gasteiger partial charge in [-0.2, -0.15) is 0 Å². The minimum Gasteiger partial charge on any atom is -0.427 e. The molecule has 0 atom stereocenters. The highest BCUT2D eigenvalue weighted by Gasteiger charge is 2.63. The average Bonchev–Trinajstić information content (AvgIpc) is 2.57. The lowest BCUT2D eigenvalue weighted by molar-refractivity contribution is -0.127. The van der Waals surface area contributed by atoms with Crippen LogP contribution in [-0.2, 0) is 9.53 Å². The molecule has 5 nitrogen and oxygen atoms in total. The smallest absolute Gasteiger partial charge is 0.413 e. The van der Waals surface area contributed by atoms with Crippen molar-refractivity contribution in [1.82, 2.24) is 4.31 Å². The molecule has 0 aliphatic carbocycles. The number of carbonyl (C=O) groups excluding carboxylic acids is 2. The molecule has 0 radical (unpaired) electrons. The lowest BCUT2D eigenvalue weighted by Gasteiger charge is -2.18. The highest BCUT2D eigenvalue weighted by atomic mass is 35.5. The molecular formula is C11H8Cl4N2O3S. The number of alkyl halides is 4. The maximum absolute atomic E-state index is 11.9. The summed E-state index contributed by atoms with van der Waals surface area (Å²) in [4.78, 5) is 23.5. The predicted molar refractivity (Wildman–Crippen MR) is 84.7 cm³/mol. The van der Waals surface area contributed by atoms with Gasteiger partial charge in [0.05, 0.1) is 0 Å². The van der Waals surface area contributed by atoms with Gasteiger partial charge in [0.1, 0.15) is 0 Å². The van der Waals surface area contributed by atoms with E-state index in [0.717, 1.165) is 4.31 Å². The van der Waals surface area contributed by atoms with Crippen LogP contribution < -0.4 is 5.32 Å². The third-order valence-electron chi connectivity index (χ3n) is 2.42. The summed E-state index contributed by atoms with van der Waals surface area (Å²) in [6.45, 7) is -0.398. The van der Waals surface area contributed by atoms with Gasteiger partial charge in [-0.3, -0.25) is 10.1 Å². The zero-order chi connectivity index (χ0) is 15.7. The molecule has 10 heteroatoms. The summed E-state index contributed by atoms with van der Waals surface area (Å²) in [5.74, 6) is -0.756. The second kappa shape index (κ2) is 6.30. The van der Waals surface area contributed by atoms with Crippen molar-refractivity contribution in [3.63, 3.8) is 0 Å². The number of amides is 2. The Morgan fingerprint density at radius 2 is 1.86 bits per heavy atom. The summed E-state index contributed by atoms with van der Waals surface area (Å²) in [7, 11) is 0. The molecule has 1 aliphatic heterocycles. The quantitative estimate of drug-likeness (QED) is 0.627. The molecule has 0 unspecified atom stereocenters. The fourth-order valence-corrected chi connectivity index (χ4v) is 3.37. The van der Waals surface area contributed by atoms with E-state index in [0.29, 0.717) is 17.6 Å². The van der Waals surface area contributed by atoms with Gasteiger partial charge in [-0.15, -0.1) is 0 Å². The van der Waals surface area contributed by atoms with Gasteiger partial charge in [0.15, 0.2) is 6.73 Å². The first-order chi connectivity index (χ1) is 9.74. The van der Waals surface area contributed by atoms with Crippen LogP contribution in [0.4, 0.5) is 10.5 Å². The van der Waals surface area contributed by atoms with Gasteiger partial charge in [0.25, 0.3) is 5.91 Å². The highest BCUT2D eigenvalue weighted by Crippen LogP contribution is 2.58. The third kappa shape index (κ3) is 3.63. The highest BCUT2D eigenvalue weighted by molar-refractivity contribution is 8.02. The van der Waals surface area contributed by atoms with Crippen LogP contribution in [0.1, 0.15) is 0 Å². The van der Waals surface area contributed by atoms with Crippen LogP contribution in [0.25, 0.3) is 0 Å². The Hall–Kier alpha value is -0.530. The normalized spacial score (nSPS) is 19.4. The number of hydrogen-bond donors (Lipinski definition) is 1. The van der Waals surface area contributed by atoms with Crippen LogP contribution in [0.3, 0.4) is 0 Å². The van der Waals surface area contributed by atoms with E-state index in [2.05, 4.69) is 5.32 Å². The summed E-state index contributed by atoms with van der Waals surface area (Å²) < 4.78 is 2.09. The van der Waals surface area contributed by atoms with Crippen LogP contribution >= 0.6 is 58.4 Å². The molecule has 1 aromatic rings. The molecule has 1 aliphatic rings. The lowest BCUT2D eigenvalue weighted by Crippen LogP contribution is -2.38. The van der Waals surface area contributed by atoms with Gasteiger partial charge in [-0.1, -0.05) is 64.6 Å². The zero-order valence-corrected chi connectivity index (χ0v) is 14.0. The van der Waals surface area contributed by atoms with Crippen LogP contribution in [0.5, 0.6) is 0 Å². The van der Waals surface area contributed by atoms with E-state index in [1.807, 2.05) is 0 Å². The first-order valence-electron chi connectivity index (χ1n) is 5.49. The first-order valence-corrected chi connectivity index (χ1v) is 7.78. The van der Waals surface area contributed by atoms with Crippen LogP contribution in [0.15, 0.2) is 30.3 Å². The van der Waals surface area contributed by atoms with E-state index < -0.39 is 26.7 Å². The van der Waals surface area contributed by atoms with Crippen molar-refractivity contribution in [2.45, 2.75) is 8.00 Å². The second-order valence-electron chi connectivity index (χ2n) is 3.92. The largest absolute Gasteiger partial charge is 0.427 e. The van der Waals surface area contributed by atoms with E-state index in [-0.39, 0.29) is 0 Å². The molecule has 1 heterocycles. The standard InChI is InChI=1S/C11H8Cl4N2O3S/c12-10(13)8(18)17(21-11(10,14)15)6-20-9(19)16-7-4-2-1-3-5-7/h1-5H,6H2,(H,16,19). The molecule has 2 rings (SSSR count). The van der Waals surface area contributed by atoms with Gasteiger partial charge >= 0.3 is 6.09 Å². The van der Waals surface area contributed by atoms with Gasteiger partial charge < -0.3 is 4.74 Å². The van der Waals surface area contributed by atoms with Gasteiger partial charge in [-0.05, 0) is 24.1 Å². The van der Waals surface area contributed by atoms with Crippen LogP contribution in [-0.4, -0.2) is 31.0 Å². The molecule has 21 heavy (non-hydrogen) atoms. The van der Waals surface area contributed by atoms with Gasteiger partial charge in [0, 0.05) is 5.69 Å². The maximum atomic E-state index is 11.9. The Morgan fingerprint density at radius 1 is 1.24 bits per heavy atom. The number of para-hydroxylation sites is 1. The topological polar surface area (TPSA) is 58.6 Å². The Balaban J connectivity index is 1.90. The Kier molecular flexibility index (Phi) is 5.05. The van der Waals surface area contributed by atoms with Crippen molar-refractivity contribution in [2.24, 2.45) is 0 Å². The molecule has 1 aromatic carbocycles. The number of anilines is 1. The number of hydrogen-bond acceptors (Lipinski definition) is 4. The van der Waals surface area contributed by atoms with Crippen molar-refractivity contribution in [3.05, 3.63) is 30.3 Å². The molecule has 0 aromatic heterocycles. The maximum Gasteiger partial charge on any atom is 0.413 e. The minimum atomic E-state index is -2.01. The zero-order valence-electron chi connectivity index (χ0n) is 10.2. The van der Waals surface area contributed by atoms with Crippen molar-refractivity contribution in [3.8, 4) is 0 Å². The number of nitrogens with zero attached hydrogens (tertiary/aromatic N) is 1. The van der Waals surface area contributed by atoms with E-state index in [1.165, 1.54) is 0 Å². The SMILES string of the molecule is O=C(Nc1ccccc1)OCN1SC(Cl)(Cl)C(Cl)(Cl)C1=O. The molecule has 0 spiro atoms. The predicted octanol–water partition coefficient (Wildman–Crippen LogP) is 3.99. The molecular weight excluding hydrogens is 382 g/mol. The van der Waals surface area contributed by atoms with Crippen molar-refractivity contribution in [2.75, 3.05) is 12.0 Å². The first kappa shape index (κ1) is 16.8. The molecule has 1 N–H and O–H groups in total. The Bertz CT molecular complexity index is 556.